The van der Waals surface area contributed by atoms with Crippen molar-refractivity contribution in [1.29, 1.82) is 0 Å². The molecular weight excluding hydrogens is 214 g/mol. The number of carbonyl (C=O) groups is 1. The zero-order chi connectivity index (χ0) is 12.4. The molecule has 0 amide bonds. The normalized spacial score (nSPS) is 22.6. The third kappa shape index (κ3) is 3.05. The van der Waals surface area contributed by atoms with Gasteiger partial charge in [0, 0.05) is 18.3 Å². The average molecular weight is 233 g/mol. The fourth-order valence-electron chi connectivity index (χ4n) is 1.98. The van der Waals surface area contributed by atoms with Crippen LogP contribution in [0.4, 0.5) is 0 Å². The summed E-state index contributed by atoms with van der Waals surface area (Å²) in [6.07, 6.45) is 4.89. The molecule has 3 nitrogen and oxygen atoms in total. The van der Waals surface area contributed by atoms with Crippen molar-refractivity contribution in [3.05, 3.63) is 29.6 Å². The highest BCUT2D eigenvalue weighted by Gasteiger charge is 2.39. The van der Waals surface area contributed by atoms with Gasteiger partial charge in [-0.3, -0.25) is 9.78 Å². The number of carbonyl (C=O) groups excluding carboxylic acids is 1. The number of esters is 1. The summed E-state index contributed by atoms with van der Waals surface area (Å²) in [5.41, 5.74) is 2.46. The molecule has 0 spiro atoms. The molecule has 0 unspecified atom stereocenters. The van der Waals surface area contributed by atoms with Crippen molar-refractivity contribution >= 4 is 5.97 Å². The number of ether oxygens (including phenoxy) is 1. The van der Waals surface area contributed by atoms with Crippen molar-refractivity contribution < 1.29 is 9.53 Å². The summed E-state index contributed by atoms with van der Waals surface area (Å²) in [4.78, 5) is 15.5. The summed E-state index contributed by atoms with van der Waals surface area (Å²) in [7, 11) is 0. The molecule has 0 bridgehead atoms. The quantitative estimate of drug-likeness (QED) is 0.750. The van der Waals surface area contributed by atoms with Crippen LogP contribution in [0.3, 0.4) is 0 Å². The van der Waals surface area contributed by atoms with Crippen molar-refractivity contribution in [3.63, 3.8) is 0 Å². The molecular formula is C14H19NO2. The van der Waals surface area contributed by atoms with Crippen molar-refractivity contribution in [3.8, 4) is 0 Å². The molecule has 1 aliphatic rings. The maximum absolute atomic E-state index is 11.3. The number of nitrogens with zero attached hydrogens (tertiary/aromatic N) is 1. The highest BCUT2D eigenvalue weighted by molar-refractivity contribution is 5.71. The molecule has 3 heteroatoms. The third-order valence-electron chi connectivity index (χ3n) is 3.16. The maximum atomic E-state index is 11.3. The number of hydrogen-bond acceptors (Lipinski definition) is 3. The second-order valence-electron chi connectivity index (χ2n) is 5.18. The zero-order valence-electron chi connectivity index (χ0n) is 10.6. The largest absolute Gasteiger partial charge is 0.465 e. The minimum atomic E-state index is -0.0991. The van der Waals surface area contributed by atoms with Gasteiger partial charge in [0.05, 0.1) is 12.5 Å². The lowest BCUT2D eigenvalue weighted by atomic mass is 10.1. The first-order valence-corrected chi connectivity index (χ1v) is 6.16. The van der Waals surface area contributed by atoms with Crippen molar-refractivity contribution in [2.45, 2.75) is 33.1 Å². The lowest BCUT2D eigenvalue weighted by molar-refractivity contribution is -0.147. The first-order valence-electron chi connectivity index (χ1n) is 6.16. The molecule has 2 rings (SSSR count). The molecule has 0 N–H and O–H groups in total. The van der Waals surface area contributed by atoms with E-state index in [1.807, 2.05) is 33.2 Å². The predicted molar refractivity (Wildman–Crippen MR) is 65.6 cm³/mol. The third-order valence-corrected chi connectivity index (χ3v) is 3.16. The van der Waals surface area contributed by atoms with Gasteiger partial charge in [-0.15, -0.1) is 0 Å². The van der Waals surface area contributed by atoms with Crippen LogP contribution in [0.25, 0.3) is 0 Å². The molecule has 1 heterocycles. The Kier molecular flexibility index (Phi) is 3.46. The standard InChI is InChI=1S/C14H19NO2/c1-9(2)14(16)17-8-12-5-13(12)11-4-10(3)6-15-7-11/h4,6-7,9,12-13H,5,8H2,1-3H3/t12-,13-/m0/s1. The smallest absolute Gasteiger partial charge is 0.308 e. The molecule has 1 aliphatic carbocycles. The molecule has 0 aliphatic heterocycles. The number of pyridine rings is 1. The summed E-state index contributed by atoms with van der Waals surface area (Å²) < 4.78 is 5.25. The van der Waals surface area contributed by atoms with Gasteiger partial charge in [0.1, 0.15) is 0 Å². The predicted octanol–water partition coefficient (Wildman–Crippen LogP) is 2.69. The lowest BCUT2D eigenvalue weighted by Crippen LogP contribution is -2.13. The molecule has 1 saturated carbocycles. The zero-order valence-corrected chi connectivity index (χ0v) is 10.6. The van der Waals surface area contributed by atoms with E-state index in [2.05, 4.69) is 11.1 Å². The van der Waals surface area contributed by atoms with Crippen LogP contribution >= 0.6 is 0 Å². The Morgan fingerprint density at radius 3 is 2.94 bits per heavy atom. The average Bonchev–Trinajstić information content (AvgIpc) is 3.05. The van der Waals surface area contributed by atoms with Gasteiger partial charge < -0.3 is 4.74 Å². The lowest BCUT2D eigenvalue weighted by Gasteiger charge is -2.06. The van der Waals surface area contributed by atoms with E-state index in [1.165, 1.54) is 11.1 Å². The van der Waals surface area contributed by atoms with Gasteiger partial charge in [-0.2, -0.15) is 0 Å². The minimum absolute atomic E-state index is 0.0344. The topological polar surface area (TPSA) is 39.2 Å². The summed E-state index contributed by atoms with van der Waals surface area (Å²) in [6, 6.07) is 2.17. The minimum Gasteiger partial charge on any atom is -0.465 e. The molecule has 17 heavy (non-hydrogen) atoms. The molecule has 1 aromatic heterocycles. The Labute approximate surface area is 102 Å². The van der Waals surface area contributed by atoms with Crippen molar-refractivity contribution in [2.75, 3.05) is 6.61 Å². The molecule has 1 aromatic rings. The Hall–Kier alpha value is -1.38. The van der Waals surface area contributed by atoms with Gasteiger partial charge in [-0.05, 0) is 30.4 Å². The summed E-state index contributed by atoms with van der Waals surface area (Å²) in [5, 5.41) is 0. The Bertz CT molecular complexity index is 414. The van der Waals surface area contributed by atoms with Crippen LogP contribution in [0.15, 0.2) is 18.5 Å². The highest BCUT2D eigenvalue weighted by Crippen LogP contribution is 2.47. The Morgan fingerprint density at radius 2 is 2.29 bits per heavy atom. The van der Waals surface area contributed by atoms with Crippen molar-refractivity contribution in [2.24, 2.45) is 11.8 Å². The summed E-state index contributed by atoms with van der Waals surface area (Å²) >= 11 is 0. The van der Waals surface area contributed by atoms with Gasteiger partial charge in [0.15, 0.2) is 0 Å². The Morgan fingerprint density at radius 1 is 1.53 bits per heavy atom. The number of rotatable bonds is 4. The number of aryl methyl sites for hydroxylation is 1. The van der Waals surface area contributed by atoms with Crippen LogP contribution in [-0.2, 0) is 9.53 Å². The fraction of sp³-hybridized carbons (Fsp3) is 0.571. The summed E-state index contributed by atoms with van der Waals surface area (Å²) in [5.74, 6) is 0.884. The van der Waals surface area contributed by atoms with E-state index >= 15 is 0 Å². The van der Waals surface area contributed by atoms with E-state index in [1.54, 1.807) is 0 Å². The van der Waals surface area contributed by atoms with E-state index in [0.717, 1.165) is 6.42 Å². The fourth-order valence-corrected chi connectivity index (χ4v) is 1.98. The van der Waals surface area contributed by atoms with Crippen LogP contribution in [-0.4, -0.2) is 17.6 Å². The maximum Gasteiger partial charge on any atom is 0.308 e. The van der Waals surface area contributed by atoms with E-state index in [-0.39, 0.29) is 11.9 Å². The van der Waals surface area contributed by atoms with Crippen LogP contribution in [0.1, 0.15) is 37.3 Å². The number of hydrogen-bond donors (Lipinski definition) is 0. The van der Waals surface area contributed by atoms with E-state index in [0.29, 0.717) is 18.4 Å². The molecule has 0 aromatic carbocycles. The van der Waals surface area contributed by atoms with Crippen LogP contribution in [0, 0.1) is 18.8 Å². The second-order valence-corrected chi connectivity index (χ2v) is 5.18. The molecule has 0 saturated heterocycles. The first-order chi connectivity index (χ1) is 8.08. The summed E-state index contributed by atoms with van der Waals surface area (Å²) in [6.45, 7) is 6.32. The van der Waals surface area contributed by atoms with Crippen LogP contribution < -0.4 is 0 Å². The highest BCUT2D eigenvalue weighted by atomic mass is 16.5. The van der Waals surface area contributed by atoms with E-state index < -0.39 is 0 Å². The van der Waals surface area contributed by atoms with E-state index in [9.17, 15) is 4.79 Å². The molecule has 0 radical (unpaired) electrons. The number of aromatic nitrogens is 1. The molecule has 2 atom stereocenters. The van der Waals surface area contributed by atoms with Crippen LogP contribution in [0.2, 0.25) is 0 Å². The van der Waals surface area contributed by atoms with Gasteiger partial charge in [0.25, 0.3) is 0 Å². The monoisotopic (exact) mass is 233 g/mol. The SMILES string of the molecule is Cc1cncc([C@@H]2C[C@H]2COC(=O)C(C)C)c1. The Balaban J connectivity index is 1.83. The first kappa shape index (κ1) is 12.1. The molecule has 1 fully saturated rings. The van der Waals surface area contributed by atoms with Gasteiger partial charge in [-0.25, -0.2) is 0 Å². The van der Waals surface area contributed by atoms with Gasteiger partial charge in [-0.1, -0.05) is 19.9 Å². The van der Waals surface area contributed by atoms with E-state index in [4.69, 9.17) is 4.74 Å². The molecule has 92 valence electrons. The van der Waals surface area contributed by atoms with Crippen molar-refractivity contribution in [1.82, 2.24) is 4.98 Å². The second kappa shape index (κ2) is 4.86. The van der Waals surface area contributed by atoms with Crippen LogP contribution in [0.5, 0.6) is 0 Å². The van der Waals surface area contributed by atoms with Gasteiger partial charge >= 0.3 is 5.97 Å². The van der Waals surface area contributed by atoms with Gasteiger partial charge in [0.2, 0.25) is 0 Å².